The summed E-state index contributed by atoms with van der Waals surface area (Å²) in [6, 6.07) is 0. The van der Waals surface area contributed by atoms with Gasteiger partial charge < -0.3 is 8.33 Å². The van der Waals surface area contributed by atoms with Gasteiger partial charge in [0.1, 0.15) is 0 Å². The zero-order valence-electron chi connectivity index (χ0n) is 5.86. The fraction of sp³-hybridized carbons (Fsp3) is 0. The number of rotatable bonds is 2. The third kappa shape index (κ3) is 15.9. The molecule has 0 aliphatic rings. The molecule has 0 rings (SSSR count). The first kappa shape index (κ1) is 15.9. The van der Waals surface area contributed by atoms with E-state index in [4.69, 9.17) is 13.9 Å². The van der Waals surface area contributed by atoms with E-state index in [2.05, 4.69) is 3.89 Å². The fourth-order valence-electron chi connectivity index (χ4n) is 0.0351. The Labute approximate surface area is 83.8 Å². The van der Waals surface area contributed by atoms with E-state index in [1.54, 1.807) is 0 Å². The Balaban J connectivity index is -0.0000000208. The molecule has 0 radical (unpaired) electrons. The SMILES string of the molecule is O.[Ca+2].[H-].[H-].[O]=[Al][O][N+](=O)[O-]. The molecule has 8 heavy (non-hydrogen) atoms. The van der Waals surface area contributed by atoms with Crippen molar-refractivity contribution in [2.45, 2.75) is 0 Å². The van der Waals surface area contributed by atoms with Gasteiger partial charge in [-0.05, 0) is 0 Å². The van der Waals surface area contributed by atoms with Crippen LogP contribution < -0.4 is 0 Å². The van der Waals surface area contributed by atoms with E-state index in [-0.39, 0.29) is 46.1 Å². The number of hydrogen-bond acceptors (Lipinski definition) is 4. The van der Waals surface area contributed by atoms with E-state index in [1.165, 1.54) is 0 Å². The second kappa shape index (κ2) is 10.7. The van der Waals surface area contributed by atoms with Gasteiger partial charge >= 0.3 is 76.1 Å². The summed E-state index contributed by atoms with van der Waals surface area (Å²) in [4.78, 5) is 9.00. The van der Waals surface area contributed by atoms with Crippen LogP contribution in [0, 0.1) is 10.1 Å². The second-order valence-corrected chi connectivity index (χ2v) is 0.829. The first-order valence-corrected chi connectivity index (χ1v) is 1.96. The maximum atomic E-state index is 9.16. The zero-order valence-corrected chi connectivity index (χ0v) is 7.23. The van der Waals surface area contributed by atoms with Crippen LogP contribution in [0.2, 0.25) is 0 Å². The minimum atomic E-state index is -1.70. The van der Waals surface area contributed by atoms with Crippen molar-refractivity contribution >= 4 is 53.2 Å². The van der Waals surface area contributed by atoms with Gasteiger partial charge in [-0.25, -0.2) is 0 Å². The van der Waals surface area contributed by atoms with Crippen molar-refractivity contribution in [1.29, 1.82) is 0 Å². The normalized spacial score (nSPS) is 4.50. The van der Waals surface area contributed by atoms with Crippen LogP contribution in [0.1, 0.15) is 2.85 Å². The van der Waals surface area contributed by atoms with Crippen molar-refractivity contribution in [3.05, 3.63) is 10.1 Å². The van der Waals surface area contributed by atoms with E-state index < -0.39 is 20.6 Å². The quantitative estimate of drug-likeness (QED) is 0.273. The van der Waals surface area contributed by atoms with Crippen molar-refractivity contribution < 1.29 is 21.1 Å². The molecular weight excluding hydrogens is 161 g/mol. The van der Waals surface area contributed by atoms with Gasteiger partial charge in [-0.2, -0.15) is 0 Å². The minimum absolute atomic E-state index is 0. The average Bonchev–Trinajstić information content (AvgIpc) is 1.35. The topological polar surface area (TPSA) is 101 Å². The molecule has 0 aliphatic heterocycles. The molecule has 44 valence electrons. The van der Waals surface area contributed by atoms with Crippen LogP contribution in [0.3, 0.4) is 0 Å². The third-order valence-electron chi connectivity index (χ3n) is 0.129. The van der Waals surface area contributed by atoms with Crippen molar-refractivity contribution in [2.24, 2.45) is 0 Å². The van der Waals surface area contributed by atoms with E-state index in [0.717, 1.165) is 0 Å². The Morgan fingerprint density at radius 1 is 1.75 bits per heavy atom. The molecule has 0 heterocycles. The first-order valence-electron chi connectivity index (χ1n) is 1.02. The monoisotopic (exact) mass is 165 g/mol. The van der Waals surface area contributed by atoms with Crippen molar-refractivity contribution in [2.75, 3.05) is 0 Å². The molecule has 0 fully saturated rings. The summed E-state index contributed by atoms with van der Waals surface area (Å²) in [5.74, 6) is 0. The molecule has 0 aliphatic carbocycles. The Kier molecular flexibility index (Phi) is 21.2. The predicted octanol–water partition coefficient (Wildman–Crippen LogP) is -1.82. The Hall–Kier alpha value is 0.752. The second-order valence-electron chi connectivity index (χ2n) is 0.425. The molecule has 0 saturated carbocycles. The summed E-state index contributed by atoms with van der Waals surface area (Å²) in [5, 5.41) is 7.91. The van der Waals surface area contributed by atoms with Gasteiger partial charge in [-0.3, -0.25) is 0 Å². The predicted molar refractivity (Wildman–Crippen MR) is 26.1 cm³/mol. The molecule has 0 aromatic rings. The molecule has 0 bridgehead atoms. The van der Waals surface area contributed by atoms with E-state index >= 15 is 0 Å². The van der Waals surface area contributed by atoms with Crippen molar-refractivity contribution in [1.82, 2.24) is 0 Å². The summed E-state index contributed by atoms with van der Waals surface area (Å²) in [6.45, 7) is 0. The van der Waals surface area contributed by atoms with Crippen LogP contribution >= 0.6 is 0 Å². The Morgan fingerprint density at radius 2 is 2.12 bits per heavy atom. The van der Waals surface area contributed by atoms with Crippen LogP contribution in [-0.4, -0.2) is 63.8 Å². The standard InChI is InChI=1S/Al.Ca.NO3.H2O.O.2H/c;;2-1(3)4;;;;/h;;;1H2;;;/q+1;+2;-1;;;2*-1. The summed E-state index contributed by atoms with van der Waals surface area (Å²) >= 11 is -1.70. The number of nitrogens with zero attached hydrogens (tertiary/aromatic N) is 1. The molecule has 0 amide bonds. The Morgan fingerprint density at radius 3 is 2.12 bits per heavy atom. The summed E-state index contributed by atoms with van der Waals surface area (Å²) in [6.07, 6.45) is 0. The molecule has 0 aromatic heterocycles. The van der Waals surface area contributed by atoms with E-state index in [9.17, 15) is 0 Å². The van der Waals surface area contributed by atoms with Gasteiger partial charge in [0.25, 0.3) is 0 Å². The molecule has 0 unspecified atom stereocenters. The molecule has 0 saturated heterocycles. The van der Waals surface area contributed by atoms with Gasteiger partial charge in [-0.1, -0.05) is 0 Å². The van der Waals surface area contributed by atoms with Gasteiger partial charge in [0.2, 0.25) is 0 Å². The summed E-state index contributed by atoms with van der Waals surface area (Å²) in [5.41, 5.74) is 0. The van der Waals surface area contributed by atoms with Crippen LogP contribution in [0.5, 0.6) is 0 Å². The van der Waals surface area contributed by atoms with E-state index in [0.29, 0.717) is 0 Å². The maximum absolute atomic E-state index is 9.16. The third-order valence-corrected chi connectivity index (χ3v) is 0.387. The molecule has 0 aromatic carbocycles. The van der Waals surface area contributed by atoms with Gasteiger partial charge in [-0.15, -0.1) is 0 Å². The zero-order chi connectivity index (χ0) is 4.99. The summed E-state index contributed by atoms with van der Waals surface area (Å²) in [7, 11) is 0. The average molecular weight is 165 g/mol. The first-order chi connectivity index (χ1) is 2.77. The van der Waals surface area contributed by atoms with Crippen LogP contribution in [0.4, 0.5) is 0 Å². The van der Waals surface area contributed by atoms with Crippen LogP contribution in [0.15, 0.2) is 0 Å². The molecule has 2 N–H and O–H groups in total. The number of hydrogen-bond donors (Lipinski definition) is 0. The summed E-state index contributed by atoms with van der Waals surface area (Å²) < 4.78 is 12.5. The fourth-order valence-corrected chi connectivity index (χ4v) is 0.105. The molecular formula is H4AlCaNO5. The van der Waals surface area contributed by atoms with Gasteiger partial charge in [0, 0.05) is 0 Å². The van der Waals surface area contributed by atoms with Gasteiger partial charge in [0.15, 0.2) is 0 Å². The van der Waals surface area contributed by atoms with Crippen molar-refractivity contribution in [3.8, 4) is 0 Å². The van der Waals surface area contributed by atoms with E-state index in [1.807, 2.05) is 0 Å². The molecule has 0 spiro atoms. The van der Waals surface area contributed by atoms with Crippen LogP contribution in [0.25, 0.3) is 0 Å². The molecule has 0 atom stereocenters. The molecule has 6 nitrogen and oxygen atoms in total. The molecule has 8 heteroatoms. The van der Waals surface area contributed by atoms with Crippen molar-refractivity contribution in [3.63, 3.8) is 0 Å². The Bertz CT molecular complexity index is 80.0. The van der Waals surface area contributed by atoms with Crippen LogP contribution in [-0.2, 0) is 7.69 Å². The van der Waals surface area contributed by atoms with Gasteiger partial charge in [0.05, 0.1) is 0 Å².